The number of aromatic nitrogens is 1. The number of rotatable bonds is 6. The van der Waals surface area contributed by atoms with Crippen molar-refractivity contribution >= 4 is 11.8 Å². The van der Waals surface area contributed by atoms with E-state index in [1.54, 1.807) is 6.20 Å². The van der Waals surface area contributed by atoms with Crippen LogP contribution >= 0.6 is 0 Å². The molecule has 0 spiro atoms. The monoisotopic (exact) mass is 405 g/mol. The van der Waals surface area contributed by atoms with Gasteiger partial charge >= 0.3 is 0 Å². The number of piperidine rings is 1. The summed E-state index contributed by atoms with van der Waals surface area (Å²) in [6, 6.07) is 12.4. The fourth-order valence-electron chi connectivity index (χ4n) is 4.67. The van der Waals surface area contributed by atoms with Crippen LogP contribution in [0, 0.1) is 17.3 Å². The lowest BCUT2D eigenvalue weighted by Gasteiger charge is -2.41. The van der Waals surface area contributed by atoms with Crippen LogP contribution in [-0.2, 0) is 16.0 Å². The van der Waals surface area contributed by atoms with Crippen molar-refractivity contribution in [2.45, 2.75) is 39.5 Å². The number of carbonyl (C=O) groups is 2. The number of hydrogen-bond donors (Lipinski definition) is 1. The molecule has 0 radical (unpaired) electrons. The summed E-state index contributed by atoms with van der Waals surface area (Å²) in [6.07, 6.45) is 6.76. The van der Waals surface area contributed by atoms with Crippen molar-refractivity contribution in [1.82, 2.24) is 15.2 Å². The molecule has 4 rings (SSSR count). The van der Waals surface area contributed by atoms with Gasteiger partial charge in [-0.15, -0.1) is 0 Å². The fourth-order valence-corrected chi connectivity index (χ4v) is 4.67. The predicted octanol–water partition coefficient (Wildman–Crippen LogP) is 3.69. The zero-order chi connectivity index (χ0) is 21.1. The summed E-state index contributed by atoms with van der Waals surface area (Å²) < 4.78 is 0. The Hall–Kier alpha value is -2.69. The Morgan fingerprint density at radius 3 is 2.53 bits per heavy atom. The van der Waals surface area contributed by atoms with Crippen LogP contribution in [0.4, 0.5) is 0 Å². The molecule has 1 saturated carbocycles. The number of carbonyl (C=O) groups excluding carboxylic acids is 2. The van der Waals surface area contributed by atoms with Gasteiger partial charge in [-0.1, -0.05) is 37.3 Å². The summed E-state index contributed by atoms with van der Waals surface area (Å²) in [4.78, 5) is 32.0. The number of amides is 2. The zero-order valence-electron chi connectivity index (χ0n) is 17.9. The third-order valence-corrected chi connectivity index (χ3v) is 6.74. The van der Waals surface area contributed by atoms with Crippen LogP contribution in [0.15, 0.2) is 48.8 Å². The van der Waals surface area contributed by atoms with Gasteiger partial charge in [0.25, 0.3) is 0 Å². The summed E-state index contributed by atoms with van der Waals surface area (Å²) >= 11 is 0. The van der Waals surface area contributed by atoms with Gasteiger partial charge in [0.2, 0.25) is 11.8 Å². The van der Waals surface area contributed by atoms with Crippen molar-refractivity contribution in [3.8, 4) is 11.1 Å². The molecule has 1 aromatic heterocycles. The highest BCUT2D eigenvalue weighted by Crippen LogP contribution is 2.42. The smallest absolute Gasteiger partial charge is 0.226 e. The van der Waals surface area contributed by atoms with E-state index >= 15 is 0 Å². The van der Waals surface area contributed by atoms with Crippen molar-refractivity contribution in [2.24, 2.45) is 17.3 Å². The molecule has 1 aliphatic heterocycles. The van der Waals surface area contributed by atoms with Gasteiger partial charge < -0.3 is 10.2 Å². The molecule has 1 N–H and O–H groups in total. The topological polar surface area (TPSA) is 62.3 Å². The molecule has 2 unspecified atom stereocenters. The number of hydrogen-bond acceptors (Lipinski definition) is 3. The van der Waals surface area contributed by atoms with Gasteiger partial charge in [-0.05, 0) is 61.3 Å². The molecule has 1 aliphatic carbocycles. The molecule has 2 aliphatic rings. The average molecular weight is 406 g/mol. The van der Waals surface area contributed by atoms with Gasteiger partial charge in [0.05, 0.1) is 5.41 Å². The Kier molecular flexibility index (Phi) is 5.89. The molecule has 2 aromatic rings. The van der Waals surface area contributed by atoms with Crippen molar-refractivity contribution in [1.29, 1.82) is 0 Å². The molecule has 2 heterocycles. The molecule has 2 atom stereocenters. The second kappa shape index (κ2) is 8.58. The van der Waals surface area contributed by atoms with Crippen LogP contribution in [0.5, 0.6) is 0 Å². The molecule has 2 amide bonds. The first-order valence-electron chi connectivity index (χ1n) is 11.1. The fraction of sp³-hybridized carbons (Fsp3) is 0.480. The highest BCUT2D eigenvalue weighted by atomic mass is 16.2. The number of nitrogens with one attached hydrogen (secondary N) is 1. The Morgan fingerprint density at radius 1 is 1.17 bits per heavy atom. The maximum Gasteiger partial charge on any atom is 0.226 e. The van der Waals surface area contributed by atoms with E-state index in [4.69, 9.17) is 0 Å². The van der Waals surface area contributed by atoms with Gasteiger partial charge in [0.15, 0.2) is 0 Å². The standard InChI is InChI=1S/C25H31N3O2/c1-3-27-24(30)25(9-12-28(13-10-25)23(29)22-14-18(22)2)16-19-6-4-7-20(15-19)21-8-5-11-26-17-21/h4-8,11,15,17-18,22H,3,9-10,12-14,16H2,1-2H3,(H,27,30). The molecular weight excluding hydrogens is 374 g/mol. The predicted molar refractivity (Wildman–Crippen MR) is 118 cm³/mol. The molecule has 30 heavy (non-hydrogen) atoms. The molecular formula is C25H31N3O2. The van der Waals surface area contributed by atoms with E-state index < -0.39 is 5.41 Å². The first-order chi connectivity index (χ1) is 14.5. The highest BCUT2D eigenvalue weighted by Gasteiger charge is 2.46. The second-order valence-electron chi connectivity index (χ2n) is 8.90. The summed E-state index contributed by atoms with van der Waals surface area (Å²) in [6.45, 7) is 6.06. The lowest BCUT2D eigenvalue weighted by Crippen LogP contribution is -2.51. The van der Waals surface area contributed by atoms with E-state index in [0.29, 0.717) is 44.8 Å². The van der Waals surface area contributed by atoms with E-state index in [0.717, 1.165) is 23.1 Å². The SMILES string of the molecule is CCNC(=O)C1(Cc2cccc(-c3cccnc3)c2)CCN(C(=O)C2CC2C)CC1. The van der Waals surface area contributed by atoms with Crippen LogP contribution in [0.25, 0.3) is 11.1 Å². The number of pyridine rings is 1. The Bertz CT molecular complexity index is 904. The van der Waals surface area contributed by atoms with Gasteiger partial charge in [-0.3, -0.25) is 14.6 Å². The molecule has 5 nitrogen and oxygen atoms in total. The normalized spacial score (nSPS) is 22.4. The minimum Gasteiger partial charge on any atom is -0.356 e. The molecule has 1 aromatic carbocycles. The maximum atomic E-state index is 13.1. The zero-order valence-corrected chi connectivity index (χ0v) is 17.9. The van der Waals surface area contributed by atoms with Crippen molar-refractivity contribution in [2.75, 3.05) is 19.6 Å². The minimum absolute atomic E-state index is 0.115. The van der Waals surface area contributed by atoms with Crippen LogP contribution in [-0.4, -0.2) is 41.3 Å². The van der Waals surface area contributed by atoms with E-state index in [1.165, 1.54) is 0 Å². The number of nitrogens with zero attached hydrogens (tertiary/aromatic N) is 2. The van der Waals surface area contributed by atoms with E-state index in [9.17, 15) is 9.59 Å². The van der Waals surface area contributed by atoms with Crippen molar-refractivity contribution in [3.05, 3.63) is 54.4 Å². The first-order valence-corrected chi connectivity index (χ1v) is 11.1. The Balaban J connectivity index is 1.52. The molecule has 1 saturated heterocycles. The first kappa shape index (κ1) is 20.6. The summed E-state index contributed by atoms with van der Waals surface area (Å²) in [7, 11) is 0. The van der Waals surface area contributed by atoms with Gasteiger partial charge in [-0.25, -0.2) is 0 Å². The lowest BCUT2D eigenvalue weighted by molar-refractivity contribution is -0.141. The van der Waals surface area contributed by atoms with E-state index in [2.05, 4.69) is 47.6 Å². The van der Waals surface area contributed by atoms with Gasteiger partial charge in [0, 0.05) is 37.9 Å². The van der Waals surface area contributed by atoms with Crippen molar-refractivity contribution < 1.29 is 9.59 Å². The third-order valence-electron chi connectivity index (χ3n) is 6.74. The molecule has 0 bridgehead atoms. The Labute approximate surface area is 178 Å². The minimum atomic E-state index is -0.463. The second-order valence-corrected chi connectivity index (χ2v) is 8.90. The highest BCUT2D eigenvalue weighted by molar-refractivity contribution is 5.85. The van der Waals surface area contributed by atoms with E-state index in [1.807, 2.05) is 24.1 Å². The molecule has 5 heteroatoms. The van der Waals surface area contributed by atoms with Gasteiger partial charge in [0.1, 0.15) is 0 Å². The van der Waals surface area contributed by atoms with Gasteiger partial charge in [-0.2, -0.15) is 0 Å². The summed E-state index contributed by atoms with van der Waals surface area (Å²) in [5, 5.41) is 3.06. The quantitative estimate of drug-likeness (QED) is 0.797. The maximum absolute atomic E-state index is 13.1. The van der Waals surface area contributed by atoms with Crippen LogP contribution in [0.1, 0.15) is 38.7 Å². The number of benzene rings is 1. The Morgan fingerprint density at radius 2 is 1.90 bits per heavy atom. The third kappa shape index (κ3) is 4.25. The lowest BCUT2D eigenvalue weighted by atomic mass is 9.72. The average Bonchev–Trinajstić information content (AvgIpc) is 3.51. The summed E-state index contributed by atoms with van der Waals surface area (Å²) in [5.74, 6) is 1.12. The summed E-state index contributed by atoms with van der Waals surface area (Å²) in [5.41, 5.74) is 2.88. The van der Waals surface area contributed by atoms with Crippen LogP contribution in [0.2, 0.25) is 0 Å². The number of likely N-dealkylation sites (tertiary alicyclic amines) is 1. The van der Waals surface area contributed by atoms with E-state index in [-0.39, 0.29) is 17.7 Å². The molecule has 2 fully saturated rings. The largest absolute Gasteiger partial charge is 0.356 e. The molecule has 158 valence electrons. The van der Waals surface area contributed by atoms with Crippen LogP contribution in [0.3, 0.4) is 0 Å². The van der Waals surface area contributed by atoms with Crippen molar-refractivity contribution in [3.63, 3.8) is 0 Å². The van der Waals surface area contributed by atoms with Crippen LogP contribution < -0.4 is 5.32 Å².